The lowest BCUT2D eigenvalue weighted by molar-refractivity contribution is -0.731. The van der Waals surface area contributed by atoms with Gasteiger partial charge in [-0.25, -0.2) is 5.21 Å². The topological polar surface area (TPSA) is 127 Å². The van der Waals surface area contributed by atoms with Crippen molar-refractivity contribution in [2.75, 3.05) is 26.3 Å². The van der Waals surface area contributed by atoms with Gasteiger partial charge < -0.3 is 4.74 Å². The maximum Gasteiger partial charge on any atom is 0.394 e. The molecule has 9 nitrogen and oxygen atoms in total. The van der Waals surface area contributed by atoms with E-state index in [2.05, 4.69) is 4.90 Å². The highest BCUT2D eigenvalue weighted by molar-refractivity contribution is 7.79. The van der Waals surface area contributed by atoms with Crippen molar-refractivity contribution in [1.82, 2.24) is 4.90 Å². The highest BCUT2D eigenvalue weighted by atomic mass is 35.5. The van der Waals surface area contributed by atoms with E-state index in [0.29, 0.717) is 25.3 Å². The van der Waals surface area contributed by atoms with Gasteiger partial charge in [0.2, 0.25) is 5.82 Å². The molecule has 130 valence electrons. The first-order valence-electron chi connectivity index (χ1n) is 6.22. The van der Waals surface area contributed by atoms with Crippen LogP contribution in [0.3, 0.4) is 0 Å². The Morgan fingerprint density at radius 3 is 2.30 bits per heavy atom. The van der Waals surface area contributed by atoms with Gasteiger partial charge in [-0.3, -0.25) is 14.0 Å². The SMILES string of the molecule is O=S(=O)(O)O.O=[N+](O)c1cc(CN2CCOCC2)c(Cl)cc1F. The first-order valence-corrected chi connectivity index (χ1v) is 7.99. The normalized spacial score (nSPS) is 15.7. The van der Waals surface area contributed by atoms with E-state index in [0.717, 1.165) is 19.2 Å². The van der Waals surface area contributed by atoms with Crippen LogP contribution in [0.4, 0.5) is 10.1 Å². The van der Waals surface area contributed by atoms with Crippen LogP contribution < -0.4 is 0 Å². The molecule has 0 atom stereocenters. The molecule has 0 amide bonds. The Balaban J connectivity index is 0.000000463. The zero-order chi connectivity index (χ0) is 17.6. The molecule has 0 unspecified atom stereocenters. The number of morpholine rings is 1. The van der Waals surface area contributed by atoms with Gasteiger partial charge in [-0.2, -0.15) is 12.8 Å². The van der Waals surface area contributed by atoms with Crippen LogP contribution in [-0.2, 0) is 21.7 Å². The van der Waals surface area contributed by atoms with Crippen LogP contribution in [0.5, 0.6) is 0 Å². The van der Waals surface area contributed by atoms with Crippen molar-refractivity contribution in [3.63, 3.8) is 0 Å². The van der Waals surface area contributed by atoms with Crippen molar-refractivity contribution in [2.24, 2.45) is 0 Å². The van der Waals surface area contributed by atoms with E-state index < -0.39 is 26.8 Å². The minimum Gasteiger partial charge on any atom is -0.379 e. The summed E-state index contributed by atoms with van der Waals surface area (Å²) in [6.07, 6.45) is 0. The van der Waals surface area contributed by atoms with Gasteiger partial charge in [0.1, 0.15) is 0 Å². The number of benzene rings is 1. The smallest absolute Gasteiger partial charge is 0.379 e. The van der Waals surface area contributed by atoms with E-state index >= 15 is 0 Å². The number of halogens is 2. The molecule has 0 bridgehead atoms. The Labute approximate surface area is 136 Å². The monoisotopic (exact) mass is 373 g/mol. The van der Waals surface area contributed by atoms with E-state index in [-0.39, 0.29) is 5.02 Å². The maximum absolute atomic E-state index is 13.3. The van der Waals surface area contributed by atoms with Crippen LogP contribution >= 0.6 is 11.6 Å². The summed E-state index contributed by atoms with van der Waals surface area (Å²) in [5.74, 6) is -0.844. The minimum absolute atomic E-state index is 0.240. The van der Waals surface area contributed by atoms with Crippen molar-refractivity contribution < 1.29 is 36.8 Å². The zero-order valence-corrected chi connectivity index (χ0v) is 13.3. The average molecular weight is 374 g/mol. The molecule has 0 saturated carbocycles. The Kier molecular flexibility index (Phi) is 7.25. The molecule has 0 spiro atoms. The molecule has 1 heterocycles. The summed E-state index contributed by atoms with van der Waals surface area (Å²) in [6, 6.07) is 2.30. The quantitative estimate of drug-likeness (QED) is 0.536. The molecule has 1 aromatic carbocycles. The van der Waals surface area contributed by atoms with E-state index in [1.165, 1.54) is 6.07 Å². The van der Waals surface area contributed by atoms with Gasteiger partial charge in [0.15, 0.2) is 0 Å². The van der Waals surface area contributed by atoms with Crippen molar-refractivity contribution in [1.29, 1.82) is 0 Å². The predicted octanol–water partition coefficient (Wildman–Crippen LogP) is 1.46. The molecule has 23 heavy (non-hydrogen) atoms. The van der Waals surface area contributed by atoms with Gasteiger partial charge in [-0.05, 0) is 5.56 Å². The third kappa shape index (κ3) is 7.63. The highest BCUT2D eigenvalue weighted by Crippen LogP contribution is 2.26. The minimum atomic E-state index is -4.67. The Morgan fingerprint density at radius 1 is 1.30 bits per heavy atom. The lowest BCUT2D eigenvalue weighted by Gasteiger charge is -2.26. The van der Waals surface area contributed by atoms with Crippen LogP contribution in [0.25, 0.3) is 0 Å². The fourth-order valence-corrected chi connectivity index (χ4v) is 2.06. The van der Waals surface area contributed by atoms with Gasteiger partial charge in [0.25, 0.3) is 4.92 Å². The third-order valence-electron chi connectivity index (χ3n) is 2.82. The molecule has 0 aromatic heterocycles. The van der Waals surface area contributed by atoms with Crippen molar-refractivity contribution in [3.8, 4) is 0 Å². The summed E-state index contributed by atoms with van der Waals surface area (Å²) in [5, 5.41) is 9.03. The van der Waals surface area contributed by atoms with E-state index in [1.807, 2.05) is 0 Å². The Bertz CT molecular complexity index is 657. The summed E-state index contributed by atoms with van der Waals surface area (Å²) in [7, 11) is -4.67. The standard InChI is InChI=1S/C11H13ClFN2O3.H2O4S/c12-9-6-10(13)11(15(16)17)5-8(9)7-14-1-3-18-4-2-14;1-5(2,3)4/h5-6H,1-4,7H2,(H,16,17);(H2,1,2,3,4)/q+1;. The van der Waals surface area contributed by atoms with Gasteiger partial charge >= 0.3 is 16.1 Å². The second-order valence-electron chi connectivity index (χ2n) is 4.50. The molecule has 1 aliphatic heterocycles. The van der Waals surface area contributed by atoms with Crippen LogP contribution in [0.1, 0.15) is 5.56 Å². The first kappa shape index (κ1) is 19.7. The van der Waals surface area contributed by atoms with Crippen molar-refractivity contribution in [2.45, 2.75) is 6.54 Å². The number of hydrogen-bond acceptors (Lipinski definition) is 5. The summed E-state index contributed by atoms with van der Waals surface area (Å²) >= 11 is 5.93. The fraction of sp³-hybridized carbons (Fsp3) is 0.455. The van der Waals surface area contributed by atoms with E-state index in [1.54, 1.807) is 0 Å². The first-order chi connectivity index (χ1) is 10.6. The summed E-state index contributed by atoms with van der Waals surface area (Å²) in [4.78, 5) is 12.4. The number of hydrogen-bond donors (Lipinski definition) is 3. The highest BCUT2D eigenvalue weighted by Gasteiger charge is 2.23. The fourth-order valence-electron chi connectivity index (χ4n) is 1.85. The van der Waals surface area contributed by atoms with Crippen LogP contribution in [0.2, 0.25) is 5.02 Å². The molecule has 1 saturated heterocycles. The van der Waals surface area contributed by atoms with E-state index in [4.69, 9.17) is 39.1 Å². The molecular weight excluding hydrogens is 359 g/mol. The number of ether oxygens (including phenoxy) is 1. The zero-order valence-electron chi connectivity index (χ0n) is 11.7. The second kappa shape index (κ2) is 8.47. The lowest BCUT2D eigenvalue weighted by Crippen LogP contribution is -2.35. The molecular formula is C11H15ClFN2O7S+. The molecule has 1 fully saturated rings. The largest absolute Gasteiger partial charge is 0.394 e. The summed E-state index contributed by atoms with van der Waals surface area (Å²) in [6.45, 7) is 3.27. The molecule has 1 aromatic rings. The molecule has 0 radical (unpaired) electrons. The Morgan fingerprint density at radius 2 is 1.83 bits per heavy atom. The third-order valence-corrected chi connectivity index (χ3v) is 3.17. The Hall–Kier alpha value is -1.37. The summed E-state index contributed by atoms with van der Waals surface area (Å²) in [5.41, 5.74) is 0.174. The average Bonchev–Trinajstić information content (AvgIpc) is 2.40. The van der Waals surface area contributed by atoms with Crippen LogP contribution in [0, 0.1) is 10.7 Å². The molecule has 3 N–H and O–H groups in total. The predicted molar refractivity (Wildman–Crippen MR) is 76.8 cm³/mol. The van der Waals surface area contributed by atoms with E-state index in [9.17, 15) is 9.30 Å². The van der Waals surface area contributed by atoms with Gasteiger partial charge in [0.05, 0.1) is 18.1 Å². The molecule has 12 heteroatoms. The van der Waals surface area contributed by atoms with Gasteiger partial charge in [-0.15, -0.1) is 0 Å². The molecule has 2 rings (SSSR count). The molecule has 0 aliphatic carbocycles. The number of nitrogens with zero attached hydrogens (tertiary/aromatic N) is 2. The van der Waals surface area contributed by atoms with Crippen molar-refractivity contribution >= 4 is 27.7 Å². The van der Waals surface area contributed by atoms with Crippen molar-refractivity contribution in [3.05, 3.63) is 33.4 Å². The molecule has 1 aliphatic rings. The summed E-state index contributed by atoms with van der Waals surface area (Å²) < 4.78 is 50.1. The van der Waals surface area contributed by atoms with Crippen LogP contribution in [-0.4, -0.2) is 58.9 Å². The van der Waals surface area contributed by atoms with Gasteiger partial charge in [0, 0.05) is 36.8 Å². The lowest BCUT2D eigenvalue weighted by atomic mass is 10.1. The maximum atomic E-state index is 13.3. The van der Waals surface area contributed by atoms with Gasteiger partial charge in [-0.1, -0.05) is 11.6 Å². The number of rotatable bonds is 3. The van der Waals surface area contributed by atoms with Crippen LogP contribution in [0.15, 0.2) is 12.1 Å². The second-order valence-corrected chi connectivity index (χ2v) is 5.81.